The first-order valence-electron chi connectivity index (χ1n) is 9.92. The van der Waals surface area contributed by atoms with Gasteiger partial charge in [0.2, 0.25) is 0 Å². The van der Waals surface area contributed by atoms with E-state index in [0.717, 1.165) is 68.7 Å². The Labute approximate surface area is 164 Å². The van der Waals surface area contributed by atoms with Crippen molar-refractivity contribution in [2.45, 2.75) is 32.1 Å². The molecule has 4 nitrogen and oxygen atoms in total. The van der Waals surface area contributed by atoms with E-state index in [1.54, 1.807) is 0 Å². The molecule has 0 radical (unpaired) electrons. The van der Waals surface area contributed by atoms with Crippen molar-refractivity contribution in [1.29, 1.82) is 0 Å². The molecule has 1 aromatic heterocycles. The van der Waals surface area contributed by atoms with E-state index in [1.807, 2.05) is 39.4 Å². The molecule has 2 aliphatic heterocycles. The predicted molar refractivity (Wildman–Crippen MR) is 108 cm³/mol. The lowest BCUT2D eigenvalue weighted by molar-refractivity contribution is 0.0695. The molecule has 0 unspecified atom stereocenters. The Balaban J connectivity index is 1.29. The molecule has 2 aromatic rings. The second-order valence-electron chi connectivity index (χ2n) is 7.61. The van der Waals surface area contributed by atoms with E-state index in [4.69, 9.17) is 0 Å². The van der Waals surface area contributed by atoms with Crippen LogP contribution in [0.3, 0.4) is 0 Å². The van der Waals surface area contributed by atoms with E-state index in [0.29, 0.717) is 5.92 Å². The fraction of sp³-hybridized carbons (Fsp3) is 0.455. The number of piperidine rings is 1. The van der Waals surface area contributed by atoms with Gasteiger partial charge in [0.05, 0.1) is 4.88 Å². The molecule has 5 heteroatoms. The quantitative estimate of drug-likeness (QED) is 0.799. The third-order valence-electron chi connectivity index (χ3n) is 5.75. The second-order valence-corrected chi connectivity index (χ2v) is 8.56. The van der Waals surface area contributed by atoms with E-state index in [2.05, 4.69) is 12.1 Å². The topological polar surface area (TPSA) is 40.6 Å². The van der Waals surface area contributed by atoms with Crippen molar-refractivity contribution in [2.24, 2.45) is 5.92 Å². The average molecular weight is 383 g/mol. The molecule has 27 heavy (non-hydrogen) atoms. The summed E-state index contributed by atoms with van der Waals surface area (Å²) in [5, 5.41) is 1.96. The Hall–Kier alpha value is -2.14. The first-order chi connectivity index (χ1) is 13.2. The number of thiophene rings is 1. The van der Waals surface area contributed by atoms with Crippen molar-refractivity contribution < 1.29 is 9.59 Å². The molecule has 2 amide bonds. The normalized spacial score (nSPS) is 18.1. The number of amides is 2. The van der Waals surface area contributed by atoms with Crippen LogP contribution in [-0.4, -0.2) is 47.8 Å². The van der Waals surface area contributed by atoms with Gasteiger partial charge in [-0.05, 0) is 67.2 Å². The average Bonchev–Trinajstić information content (AvgIpc) is 3.42. The SMILES string of the molecule is O=C(c1ccc(CC2CCN(C(=O)c3cccs3)CC2)cc1)N1CCCC1. The van der Waals surface area contributed by atoms with Gasteiger partial charge in [0.15, 0.2) is 0 Å². The van der Waals surface area contributed by atoms with Gasteiger partial charge in [-0.25, -0.2) is 0 Å². The number of carbonyl (C=O) groups excluding carboxylic acids is 2. The molecule has 0 spiro atoms. The molecule has 2 fully saturated rings. The molecular formula is C22H26N2O2S. The van der Waals surface area contributed by atoms with Gasteiger partial charge in [-0.2, -0.15) is 0 Å². The number of benzene rings is 1. The maximum Gasteiger partial charge on any atom is 0.263 e. The maximum absolute atomic E-state index is 12.4. The summed E-state index contributed by atoms with van der Waals surface area (Å²) < 4.78 is 0. The number of hydrogen-bond acceptors (Lipinski definition) is 3. The van der Waals surface area contributed by atoms with Crippen molar-refractivity contribution >= 4 is 23.2 Å². The lowest BCUT2D eigenvalue weighted by atomic mass is 9.90. The van der Waals surface area contributed by atoms with Gasteiger partial charge >= 0.3 is 0 Å². The summed E-state index contributed by atoms with van der Waals surface area (Å²) in [6, 6.07) is 12.0. The molecule has 2 aliphatic rings. The summed E-state index contributed by atoms with van der Waals surface area (Å²) in [5.41, 5.74) is 2.09. The van der Waals surface area contributed by atoms with Crippen LogP contribution in [0.1, 0.15) is 51.3 Å². The number of nitrogens with zero attached hydrogens (tertiary/aromatic N) is 2. The van der Waals surface area contributed by atoms with Crippen LogP contribution in [-0.2, 0) is 6.42 Å². The van der Waals surface area contributed by atoms with Crippen LogP contribution in [0.5, 0.6) is 0 Å². The Kier molecular flexibility index (Phi) is 5.58. The third kappa shape index (κ3) is 4.24. The number of hydrogen-bond donors (Lipinski definition) is 0. The summed E-state index contributed by atoms with van der Waals surface area (Å²) >= 11 is 1.52. The summed E-state index contributed by atoms with van der Waals surface area (Å²) in [4.78, 5) is 29.7. The van der Waals surface area contributed by atoms with Gasteiger partial charge in [-0.3, -0.25) is 9.59 Å². The fourth-order valence-electron chi connectivity index (χ4n) is 4.12. The van der Waals surface area contributed by atoms with E-state index < -0.39 is 0 Å². The van der Waals surface area contributed by atoms with E-state index in [9.17, 15) is 9.59 Å². The van der Waals surface area contributed by atoms with E-state index in [-0.39, 0.29) is 11.8 Å². The molecular weight excluding hydrogens is 356 g/mol. The van der Waals surface area contributed by atoms with Gasteiger partial charge in [0.25, 0.3) is 11.8 Å². The highest BCUT2D eigenvalue weighted by Gasteiger charge is 2.24. The zero-order valence-corrected chi connectivity index (χ0v) is 16.4. The van der Waals surface area contributed by atoms with Gasteiger partial charge in [-0.1, -0.05) is 18.2 Å². The smallest absolute Gasteiger partial charge is 0.263 e. The zero-order chi connectivity index (χ0) is 18.6. The van der Waals surface area contributed by atoms with Crippen molar-refractivity contribution in [3.05, 3.63) is 57.8 Å². The highest BCUT2D eigenvalue weighted by molar-refractivity contribution is 7.12. The second kappa shape index (κ2) is 8.26. The summed E-state index contributed by atoms with van der Waals surface area (Å²) in [7, 11) is 0. The predicted octanol–water partition coefficient (Wildman–Crippen LogP) is 4.08. The lowest BCUT2D eigenvalue weighted by Gasteiger charge is -2.31. The molecule has 0 atom stereocenters. The van der Waals surface area contributed by atoms with Crippen LogP contribution < -0.4 is 0 Å². The Bertz CT molecular complexity index is 771. The number of likely N-dealkylation sites (tertiary alicyclic amines) is 2. The highest BCUT2D eigenvalue weighted by atomic mass is 32.1. The van der Waals surface area contributed by atoms with Crippen molar-refractivity contribution in [1.82, 2.24) is 9.80 Å². The summed E-state index contributed by atoms with van der Waals surface area (Å²) in [6.07, 6.45) is 5.37. The first-order valence-corrected chi connectivity index (χ1v) is 10.8. The van der Waals surface area contributed by atoms with Crippen LogP contribution >= 0.6 is 11.3 Å². The van der Waals surface area contributed by atoms with Crippen molar-refractivity contribution in [2.75, 3.05) is 26.2 Å². The van der Waals surface area contributed by atoms with Gasteiger partial charge in [0.1, 0.15) is 0 Å². The van der Waals surface area contributed by atoms with Gasteiger partial charge < -0.3 is 9.80 Å². The first kappa shape index (κ1) is 18.2. The molecule has 142 valence electrons. The zero-order valence-electron chi connectivity index (χ0n) is 15.6. The molecule has 2 saturated heterocycles. The Morgan fingerprint density at radius 3 is 2.19 bits per heavy atom. The Morgan fingerprint density at radius 2 is 1.56 bits per heavy atom. The third-order valence-corrected chi connectivity index (χ3v) is 6.61. The van der Waals surface area contributed by atoms with Crippen LogP contribution in [0.15, 0.2) is 41.8 Å². The monoisotopic (exact) mass is 382 g/mol. The van der Waals surface area contributed by atoms with Crippen molar-refractivity contribution in [3.8, 4) is 0 Å². The van der Waals surface area contributed by atoms with Crippen LogP contribution in [0.25, 0.3) is 0 Å². The van der Waals surface area contributed by atoms with E-state index >= 15 is 0 Å². The maximum atomic E-state index is 12.4. The molecule has 0 saturated carbocycles. The molecule has 0 N–H and O–H groups in total. The van der Waals surface area contributed by atoms with Crippen molar-refractivity contribution in [3.63, 3.8) is 0 Å². The van der Waals surface area contributed by atoms with Crippen LogP contribution in [0.4, 0.5) is 0 Å². The Morgan fingerprint density at radius 1 is 0.889 bits per heavy atom. The van der Waals surface area contributed by atoms with Gasteiger partial charge in [-0.15, -0.1) is 11.3 Å². The number of carbonyl (C=O) groups is 2. The highest BCUT2D eigenvalue weighted by Crippen LogP contribution is 2.24. The molecule has 4 rings (SSSR count). The molecule has 3 heterocycles. The standard InChI is InChI=1S/C22H26N2O2S/c25-21(23-11-1-2-12-23)19-7-5-17(6-8-19)16-18-9-13-24(14-10-18)22(26)20-4-3-15-27-20/h3-8,15,18H,1-2,9-14,16H2. The van der Waals surface area contributed by atoms with Crippen LogP contribution in [0, 0.1) is 5.92 Å². The minimum absolute atomic E-state index is 0.166. The fourth-order valence-corrected chi connectivity index (χ4v) is 4.81. The lowest BCUT2D eigenvalue weighted by Crippen LogP contribution is -2.38. The van der Waals surface area contributed by atoms with Gasteiger partial charge in [0, 0.05) is 31.7 Å². The van der Waals surface area contributed by atoms with E-state index in [1.165, 1.54) is 16.9 Å². The molecule has 1 aromatic carbocycles. The summed E-state index contributed by atoms with van der Waals surface area (Å²) in [5.74, 6) is 0.949. The largest absolute Gasteiger partial charge is 0.339 e. The minimum Gasteiger partial charge on any atom is -0.339 e. The molecule has 0 bridgehead atoms. The molecule has 0 aliphatic carbocycles. The van der Waals surface area contributed by atoms with Crippen LogP contribution in [0.2, 0.25) is 0 Å². The number of rotatable bonds is 4. The minimum atomic E-state index is 0.166. The summed E-state index contributed by atoms with van der Waals surface area (Å²) in [6.45, 7) is 3.46.